The summed E-state index contributed by atoms with van der Waals surface area (Å²) in [5.41, 5.74) is 0. The molecule has 0 saturated carbocycles. The van der Waals surface area contributed by atoms with E-state index < -0.39 is 8.77 Å². The van der Waals surface area contributed by atoms with Gasteiger partial charge in [0, 0.05) is 22.8 Å². The van der Waals surface area contributed by atoms with Crippen molar-refractivity contribution in [3.63, 3.8) is 0 Å². The Balaban J connectivity index is 3.20. The second-order valence-corrected chi connectivity index (χ2v) is 5.12. The van der Waals surface area contributed by atoms with Crippen molar-refractivity contribution in [3.8, 4) is 0 Å². The number of hydrogen-bond acceptors (Lipinski definition) is 4. The predicted molar refractivity (Wildman–Crippen MR) is 38.5 cm³/mol. The van der Waals surface area contributed by atoms with Gasteiger partial charge in [-0.1, -0.05) is 0 Å². The molecule has 1 rings (SSSR count). The standard InChI is InChI=1S/C3H3NO2S3/c5-9(6,7)3-4-1-2-8-3/h1-2H,(H,5,6,7). The summed E-state index contributed by atoms with van der Waals surface area (Å²) in [6.45, 7) is 0. The molecule has 9 heavy (non-hydrogen) atoms. The highest BCUT2D eigenvalue weighted by atomic mass is 32.8. The highest BCUT2D eigenvalue weighted by Gasteiger charge is 2.05. The Kier molecular flexibility index (Phi) is 1.80. The van der Waals surface area contributed by atoms with Crippen LogP contribution >= 0.6 is 11.3 Å². The van der Waals surface area contributed by atoms with Gasteiger partial charge in [0.15, 0.2) is 8.77 Å². The Morgan fingerprint density at radius 3 is 2.78 bits per heavy atom. The summed E-state index contributed by atoms with van der Waals surface area (Å²) in [5, 5.41) is 1.61. The number of rotatable bonds is 1. The summed E-state index contributed by atoms with van der Waals surface area (Å²) in [5.74, 6) is 0. The van der Waals surface area contributed by atoms with Crippen LogP contribution in [0.2, 0.25) is 0 Å². The summed E-state index contributed by atoms with van der Waals surface area (Å²) in [4.78, 5) is 3.58. The zero-order valence-electron chi connectivity index (χ0n) is 4.18. The fourth-order valence-electron chi connectivity index (χ4n) is 0.338. The first-order chi connectivity index (χ1) is 4.11. The van der Waals surface area contributed by atoms with Crippen molar-refractivity contribution in [2.45, 2.75) is 4.34 Å². The Labute approximate surface area is 61.2 Å². The molecule has 0 bridgehead atoms. The number of nitrogens with zero attached hydrogens (tertiary/aromatic N) is 1. The van der Waals surface area contributed by atoms with Gasteiger partial charge in [0.2, 0.25) is 4.34 Å². The molecule has 1 heterocycles. The predicted octanol–water partition coefficient (Wildman–Crippen LogP) is 0.721. The lowest BCUT2D eigenvalue weighted by Gasteiger charge is -1.87. The third kappa shape index (κ3) is 1.68. The quantitative estimate of drug-likeness (QED) is 0.693. The van der Waals surface area contributed by atoms with Crippen molar-refractivity contribution < 1.29 is 8.76 Å². The van der Waals surface area contributed by atoms with E-state index in [2.05, 4.69) is 16.2 Å². The molecule has 3 nitrogen and oxygen atoms in total. The molecule has 1 unspecified atom stereocenters. The second kappa shape index (κ2) is 2.30. The van der Waals surface area contributed by atoms with Gasteiger partial charge in [0.1, 0.15) is 0 Å². The third-order valence-corrected chi connectivity index (χ3v) is 3.50. The van der Waals surface area contributed by atoms with Crippen LogP contribution in [0.4, 0.5) is 0 Å². The van der Waals surface area contributed by atoms with Crippen LogP contribution in [0, 0.1) is 0 Å². The molecular formula is C3H3NO2S3. The molecule has 1 aromatic heterocycles. The summed E-state index contributed by atoms with van der Waals surface area (Å²) in [6, 6.07) is 0. The second-order valence-electron chi connectivity index (χ2n) is 1.27. The molecule has 0 radical (unpaired) electrons. The van der Waals surface area contributed by atoms with Crippen LogP contribution in [0.1, 0.15) is 0 Å². The van der Waals surface area contributed by atoms with Gasteiger partial charge in [-0.3, -0.25) is 0 Å². The molecule has 0 aliphatic heterocycles. The molecule has 0 aliphatic carbocycles. The zero-order chi connectivity index (χ0) is 6.91. The van der Waals surface area contributed by atoms with E-state index in [0.29, 0.717) is 0 Å². The first kappa shape index (κ1) is 7.07. The maximum Gasteiger partial charge on any atom is 0.209 e. The number of hydrogen-bond donors (Lipinski definition) is 1. The van der Waals surface area contributed by atoms with E-state index in [0.717, 1.165) is 11.3 Å². The molecule has 1 aromatic rings. The molecule has 0 amide bonds. The average molecular weight is 181 g/mol. The van der Waals surface area contributed by atoms with Crippen LogP contribution in [0.15, 0.2) is 15.9 Å². The van der Waals surface area contributed by atoms with E-state index in [1.807, 2.05) is 0 Å². The summed E-state index contributed by atoms with van der Waals surface area (Å²) >= 11 is 5.33. The molecule has 1 atom stereocenters. The van der Waals surface area contributed by atoms with Gasteiger partial charge in [-0.2, -0.15) is 0 Å². The Hall–Kier alpha value is -0.0400. The van der Waals surface area contributed by atoms with Gasteiger partial charge >= 0.3 is 0 Å². The van der Waals surface area contributed by atoms with E-state index >= 15 is 0 Å². The minimum Gasteiger partial charge on any atom is -0.300 e. The van der Waals surface area contributed by atoms with Gasteiger partial charge in [-0.05, 0) is 0 Å². The molecule has 6 heteroatoms. The minimum absolute atomic E-state index is 0.109. The van der Waals surface area contributed by atoms with Gasteiger partial charge in [0.05, 0.1) is 0 Å². The zero-order valence-corrected chi connectivity index (χ0v) is 6.63. The van der Waals surface area contributed by atoms with Crippen LogP contribution in [0.3, 0.4) is 0 Å². The lowest BCUT2D eigenvalue weighted by Crippen LogP contribution is -1.93. The van der Waals surface area contributed by atoms with E-state index in [1.165, 1.54) is 6.20 Å². The van der Waals surface area contributed by atoms with Crippen LogP contribution in [-0.2, 0) is 20.0 Å². The molecule has 50 valence electrons. The lowest BCUT2D eigenvalue weighted by molar-refractivity contribution is 0.561. The summed E-state index contributed by atoms with van der Waals surface area (Å²) in [6.07, 6.45) is 1.45. The van der Waals surface area contributed by atoms with E-state index in [-0.39, 0.29) is 4.34 Å². The van der Waals surface area contributed by atoms with Gasteiger partial charge < -0.3 is 4.55 Å². The highest BCUT2D eigenvalue weighted by molar-refractivity contribution is 8.30. The summed E-state index contributed by atoms with van der Waals surface area (Å²) in [7, 11) is -3.22. The van der Waals surface area contributed by atoms with Gasteiger partial charge in [-0.15, -0.1) is 11.3 Å². The maximum absolute atomic E-state index is 10.6. The van der Waals surface area contributed by atoms with E-state index in [4.69, 9.17) is 4.55 Å². The molecule has 0 aromatic carbocycles. The Morgan fingerprint density at radius 1 is 1.89 bits per heavy atom. The van der Waals surface area contributed by atoms with Crippen LogP contribution in [-0.4, -0.2) is 13.7 Å². The minimum atomic E-state index is -3.22. The fourth-order valence-corrected chi connectivity index (χ4v) is 2.03. The van der Waals surface area contributed by atoms with Crippen molar-refractivity contribution in [2.24, 2.45) is 0 Å². The molecule has 0 spiro atoms. The molecule has 0 saturated heterocycles. The van der Waals surface area contributed by atoms with E-state index in [1.54, 1.807) is 5.38 Å². The van der Waals surface area contributed by atoms with Crippen molar-refractivity contribution in [1.82, 2.24) is 4.98 Å². The van der Waals surface area contributed by atoms with Gasteiger partial charge in [-0.25, -0.2) is 9.19 Å². The van der Waals surface area contributed by atoms with Crippen molar-refractivity contribution in [2.75, 3.05) is 0 Å². The smallest absolute Gasteiger partial charge is 0.209 e. The van der Waals surface area contributed by atoms with Gasteiger partial charge in [0.25, 0.3) is 0 Å². The largest absolute Gasteiger partial charge is 0.300 e. The first-order valence-electron chi connectivity index (χ1n) is 1.97. The monoisotopic (exact) mass is 181 g/mol. The van der Waals surface area contributed by atoms with Crippen LogP contribution < -0.4 is 0 Å². The molecular weight excluding hydrogens is 178 g/mol. The van der Waals surface area contributed by atoms with Crippen molar-refractivity contribution in [1.29, 1.82) is 0 Å². The first-order valence-corrected chi connectivity index (χ1v) is 5.29. The highest BCUT2D eigenvalue weighted by Crippen LogP contribution is 2.10. The summed E-state index contributed by atoms with van der Waals surface area (Å²) < 4.78 is 19.3. The SMILES string of the molecule is O=S(O)(=S)c1nccs1. The number of thiazole rings is 1. The van der Waals surface area contributed by atoms with E-state index in [9.17, 15) is 4.21 Å². The molecule has 0 fully saturated rings. The average Bonchev–Trinajstić information content (AvgIpc) is 2.08. The van der Waals surface area contributed by atoms with Crippen molar-refractivity contribution >= 4 is 31.3 Å². The topological polar surface area (TPSA) is 50.2 Å². The van der Waals surface area contributed by atoms with Crippen LogP contribution in [0.5, 0.6) is 0 Å². The number of aromatic nitrogens is 1. The Morgan fingerprint density at radius 2 is 2.56 bits per heavy atom. The lowest BCUT2D eigenvalue weighted by atomic mass is 11.0. The maximum atomic E-state index is 10.6. The molecule has 0 aliphatic rings. The van der Waals surface area contributed by atoms with Crippen LogP contribution in [0.25, 0.3) is 0 Å². The normalized spacial score (nSPS) is 17.0. The molecule has 1 N–H and O–H groups in total. The van der Waals surface area contributed by atoms with Crippen molar-refractivity contribution in [3.05, 3.63) is 11.6 Å². The third-order valence-electron chi connectivity index (χ3n) is 0.630. The Bertz CT molecular complexity index is 274. The fraction of sp³-hybridized carbons (Fsp3) is 0.